The summed E-state index contributed by atoms with van der Waals surface area (Å²) in [6.45, 7) is 13.5. The van der Waals surface area contributed by atoms with Gasteiger partial charge in [-0.15, -0.1) is 0 Å². The van der Waals surface area contributed by atoms with Gasteiger partial charge in [0.25, 0.3) is 0 Å². The molecule has 0 bridgehead atoms. The fourth-order valence-electron chi connectivity index (χ4n) is 2.34. The average Bonchev–Trinajstić information content (AvgIpc) is 2.33. The van der Waals surface area contributed by atoms with E-state index in [1.165, 1.54) is 5.57 Å². The van der Waals surface area contributed by atoms with Crippen molar-refractivity contribution in [2.45, 2.75) is 66.4 Å². The van der Waals surface area contributed by atoms with E-state index >= 15 is 0 Å². The molecule has 0 N–H and O–H groups in total. The number of hydrogen-bond donors (Lipinski definition) is 0. The Morgan fingerprint density at radius 1 is 1.14 bits per heavy atom. The Labute approximate surface area is 128 Å². The maximum Gasteiger partial charge on any atom is 0.306 e. The SMILES string of the molecule is CC(C)(C)OC(=O)CCC(=O)N1CC=C(C(C)(C)C)CC1. The van der Waals surface area contributed by atoms with Crippen LogP contribution in [0.5, 0.6) is 0 Å². The van der Waals surface area contributed by atoms with Gasteiger partial charge in [0.1, 0.15) is 5.60 Å². The predicted octanol–water partition coefficient (Wildman–Crippen LogP) is 3.31. The molecule has 0 aliphatic carbocycles. The minimum Gasteiger partial charge on any atom is -0.460 e. The molecule has 0 saturated carbocycles. The highest BCUT2D eigenvalue weighted by molar-refractivity contribution is 5.81. The standard InChI is InChI=1S/C17H29NO3/c1-16(2,3)13-9-11-18(12-10-13)14(19)7-8-15(20)21-17(4,5)6/h9H,7-8,10-12H2,1-6H3. The van der Waals surface area contributed by atoms with Gasteiger partial charge < -0.3 is 9.64 Å². The second-order valence-electron chi connectivity index (χ2n) is 7.66. The number of carbonyl (C=O) groups is 2. The van der Waals surface area contributed by atoms with Crippen LogP contribution in [0.1, 0.15) is 60.8 Å². The molecule has 120 valence electrons. The van der Waals surface area contributed by atoms with E-state index in [1.807, 2.05) is 25.7 Å². The van der Waals surface area contributed by atoms with Crippen molar-refractivity contribution in [3.8, 4) is 0 Å². The Balaban J connectivity index is 2.42. The molecule has 0 radical (unpaired) electrons. The highest BCUT2D eigenvalue weighted by Crippen LogP contribution is 2.30. The molecular formula is C17H29NO3. The largest absolute Gasteiger partial charge is 0.460 e. The Morgan fingerprint density at radius 3 is 2.19 bits per heavy atom. The van der Waals surface area contributed by atoms with E-state index in [1.54, 1.807) is 0 Å². The van der Waals surface area contributed by atoms with Crippen LogP contribution in [0, 0.1) is 5.41 Å². The van der Waals surface area contributed by atoms with Crippen molar-refractivity contribution in [3.05, 3.63) is 11.6 Å². The number of rotatable bonds is 3. The smallest absolute Gasteiger partial charge is 0.306 e. The molecule has 1 rings (SSSR count). The number of ether oxygens (including phenoxy) is 1. The molecule has 0 aromatic carbocycles. The van der Waals surface area contributed by atoms with Crippen LogP contribution in [0.3, 0.4) is 0 Å². The van der Waals surface area contributed by atoms with E-state index in [4.69, 9.17) is 4.74 Å². The minimum absolute atomic E-state index is 0.0325. The average molecular weight is 295 g/mol. The van der Waals surface area contributed by atoms with Crippen LogP contribution >= 0.6 is 0 Å². The molecule has 0 spiro atoms. The lowest BCUT2D eigenvalue weighted by Crippen LogP contribution is -2.36. The van der Waals surface area contributed by atoms with Crippen molar-refractivity contribution in [1.29, 1.82) is 0 Å². The summed E-state index contributed by atoms with van der Waals surface area (Å²) in [4.78, 5) is 25.6. The topological polar surface area (TPSA) is 46.6 Å². The molecule has 4 nitrogen and oxygen atoms in total. The molecule has 1 amide bonds. The number of nitrogens with zero attached hydrogens (tertiary/aromatic N) is 1. The lowest BCUT2D eigenvalue weighted by atomic mass is 9.83. The van der Waals surface area contributed by atoms with Gasteiger partial charge in [-0.1, -0.05) is 32.4 Å². The molecule has 0 unspecified atom stereocenters. The van der Waals surface area contributed by atoms with Crippen LogP contribution in [0.2, 0.25) is 0 Å². The maximum atomic E-state index is 12.1. The third-order valence-corrected chi connectivity index (χ3v) is 3.49. The Hall–Kier alpha value is -1.32. The fourth-order valence-corrected chi connectivity index (χ4v) is 2.34. The van der Waals surface area contributed by atoms with Crippen LogP contribution in [-0.4, -0.2) is 35.5 Å². The van der Waals surface area contributed by atoms with Crippen LogP contribution in [0.4, 0.5) is 0 Å². The normalized spacial score (nSPS) is 16.5. The van der Waals surface area contributed by atoms with Crippen LogP contribution < -0.4 is 0 Å². The molecule has 0 fully saturated rings. The van der Waals surface area contributed by atoms with E-state index in [-0.39, 0.29) is 30.1 Å². The minimum atomic E-state index is -0.490. The first-order valence-electron chi connectivity index (χ1n) is 7.68. The van der Waals surface area contributed by atoms with Gasteiger partial charge in [0.05, 0.1) is 6.42 Å². The highest BCUT2D eigenvalue weighted by atomic mass is 16.6. The number of carbonyl (C=O) groups excluding carboxylic acids is 2. The van der Waals surface area contributed by atoms with Gasteiger partial charge >= 0.3 is 5.97 Å². The highest BCUT2D eigenvalue weighted by Gasteiger charge is 2.24. The van der Waals surface area contributed by atoms with Gasteiger partial charge in [-0.25, -0.2) is 0 Å². The summed E-state index contributed by atoms with van der Waals surface area (Å²) < 4.78 is 5.22. The Bertz CT molecular complexity index is 424. The molecule has 1 aliphatic rings. The molecule has 21 heavy (non-hydrogen) atoms. The molecular weight excluding hydrogens is 266 g/mol. The van der Waals surface area contributed by atoms with Crippen molar-refractivity contribution in [2.24, 2.45) is 5.41 Å². The van der Waals surface area contributed by atoms with Gasteiger partial charge in [0, 0.05) is 19.5 Å². The zero-order chi connectivity index (χ0) is 16.3. The van der Waals surface area contributed by atoms with E-state index in [9.17, 15) is 9.59 Å². The first kappa shape index (κ1) is 17.7. The van der Waals surface area contributed by atoms with Gasteiger partial charge in [-0.2, -0.15) is 0 Å². The number of hydrogen-bond acceptors (Lipinski definition) is 3. The zero-order valence-electron chi connectivity index (χ0n) is 14.3. The van der Waals surface area contributed by atoms with Crippen molar-refractivity contribution in [1.82, 2.24) is 4.90 Å². The third kappa shape index (κ3) is 6.32. The summed E-state index contributed by atoms with van der Waals surface area (Å²) in [6, 6.07) is 0. The monoisotopic (exact) mass is 295 g/mol. The number of esters is 1. The van der Waals surface area contributed by atoms with Crippen molar-refractivity contribution < 1.29 is 14.3 Å². The first-order valence-corrected chi connectivity index (χ1v) is 7.68. The second kappa shape index (κ2) is 6.63. The maximum absolute atomic E-state index is 12.1. The summed E-state index contributed by atoms with van der Waals surface area (Å²) >= 11 is 0. The summed E-state index contributed by atoms with van der Waals surface area (Å²) in [5, 5.41) is 0. The third-order valence-electron chi connectivity index (χ3n) is 3.49. The molecule has 0 aromatic rings. The first-order chi connectivity index (χ1) is 9.49. The van der Waals surface area contributed by atoms with E-state index in [0.29, 0.717) is 6.54 Å². The lowest BCUT2D eigenvalue weighted by Gasteiger charge is -2.32. The van der Waals surface area contributed by atoms with Gasteiger partial charge in [0.15, 0.2) is 0 Å². The zero-order valence-corrected chi connectivity index (χ0v) is 14.3. The molecule has 0 atom stereocenters. The van der Waals surface area contributed by atoms with Crippen molar-refractivity contribution in [3.63, 3.8) is 0 Å². The van der Waals surface area contributed by atoms with Crippen molar-refractivity contribution >= 4 is 11.9 Å². The van der Waals surface area contributed by atoms with Gasteiger partial charge in [-0.05, 0) is 32.6 Å². The summed E-state index contributed by atoms with van der Waals surface area (Å²) in [6.07, 6.45) is 3.45. The van der Waals surface area contributed by atoms with E-state index in [0.717, 1.165) is 13.0 Å². The Kier molecular flexibility index (Phi) is 5.60. The number of amides is 1. The summed E-state index contributed by atoms with van der Waals surface area (Å²) in [5.74, 6) is -0.274. The molecule has 1 heterocycles. The molecule has 1 aliphatic heterocycles. The fraction of sp³-hybridized carbons (Fsp3) is 0.765. The predicted molar refractivity (Wildman–Crippen MR) is 83.8 cm³/mol. The van der Waals surface area contributed by atoms with E-state index < -0.39 is 5.60 Å². The van der Waals surface area contributed by atoms with Crippen molar-refractivity contribution in [2.75, 3.05) is 13.1 Å². The quantitative estimate of drug-likeness (QED) is 0.593. The van der Waals surface area contributed by atoms with Gasteiger partial charge in [0.2, 0.25) is 5.91 Å². The molecule has 0 saturated heterocycles. The van der Waals surface area contributed by atoms with Crippen LogP contribution in [0.15, 0.2) is 11.6 Å². The second-order valence-corrected chi connectivity index (χ2v) is 7.66. The summed E-state index contributed by atoms with van der Waals surface area (Å²) in [7, 11) is 0. The molecule has 0 aromatic heterocycles. The Morgan fingerprint density at radius 2 is 1.76 bits per heavy atom. The van der Waals surface area contributed by atoms with Crippen LogP contribution in [0.25, 0.3) is 0 Å². The van der Waals surface area contributed by atoms with Crippen LogP contribution in [-0.2, 0) is 14.3 Å². The summed E-state index contributed by atoms with van der Waals surface area (Å²) in [5.41, 5.74) is 1.08. The van der Waals surface area contributed by atoms with E-state index in [2.05, 4.69) is 26.8 Å². The lowest BCUT2D eigenvalue weighted by molar-refractivity contribution is -0.156. The molecule has 4 heteroatoms. The van der Waals surface area contributed by atoms with Gasteiger partial charge in [-0.3, -0.25) is 9.59 Å².